The normalized spacial score (nSPS) is 10.5. The molecule has 0 N–H and O–H groups in total. The molecule has 9 nitrogen and oxygen atoms in total. The van der Waals surface area contributed by atoms with Crippen LogP contribution in [0.25, 0.3) is 0 Å². The maximum Gasteiger partial charge on any atom is 0.342 e. The van der Waals surface area contributed by atoms with E-state index in [0.717, 1.165) is 24.4 Å². The quantitative estimate of drug-likeness (QED) is 0.598. The molecule has 0 spiro atoms. The lowest BCUT2D eigenvalue weighted by atomic mass is 10.3. The molecule has 0 radical (unpaired) electrons. The van der Waals surface area contributed by atoms with E-state index in [9.17, 15) is 24.6 Å². The summed E-state index contributed by atoms with van der Waals surface area (Å²) in [5.41, 5.74) is -0.393. The van der Waals surface area contributed by atoms with Gasteiger partial charge in [-0.15, -0.1) is 0 Å². The number of non-ortho nitro benzene ring substituents is 1. The number of aromatic nitrogens is 2. The summed E-state index contributed by atoms with van der Waals surface area (Å²) in [7, 11) is 0. The van der Waals surface area contributed by atoms with Crippen LogP contribution in [0.4, 0.5) is 15.9 Å². The lowest BCUT2D eigenvalue weighted by Gasteiger charge is -2.06. The first-order valence-corrected chi connectivity index (χ1v) is 6.19. The fourth-order valence-electron chi connectivity index (χ4n) is 1.87. The first kappa shape index (κ1) is 15.4. The fraction of sp³-hybridized carbons (Fsp3) is 0.250. The molecule has 1 aromatic heterocycles. The first-order valence-electron chi connectivity index (χ1n) is 6.19. The third-order valence-corrected chi connectivity index (χ3v) is 2.90. The second kappa shape index (κ2) is 6.16. The molecule has 0 saturated carbocycles. The maximum atomic E-state index is 13.7. The number of nitro groups is 2. The van der Waals surface area contributed by atoms with Crippen LogP contribution in [0.5, 0.6) is 5.75 Å². The monoisotopic (exact) mass is 310 g/mol. The summed E-state index contributed by atoms with van der Waals surface area (Å²) in [4.78, 5) is 23.9. The van der Waals surface area contributed by atoms with Gasteiger partial charge in [-0.05, 0) is 17.9 Å². The van der Waals surface area contributed by atoms with Gasteiger partial charge in [0.2, 0.25) is 5.82 Å². The van der Waals surface area contributed by atoms with Gasteiger partial charge in [0.1, 0.15) is 6.20 Å². The average Bonchev–Trinajstić information content (AvgIpc) is 2.88. The summed E-state index contributed by atoms with van der Waals surface area (Å²) in [5, 5.41) is 21.3. The number of ether oxygens (including phenoxy) is 1. The molecule has 116 valence electrons. The summed E-state index contributed by atoms with van der Waals surface area (Å²) in [6, 6.07) is 2.97. The number of nitrogens with zero attached hydrogens (tertiary/aromatic N) is 4. The highest BCUT2D eigenvalue weighted by molar-refractivity contribution is 5.37. The van der Waals surface area contributed by atoms with Crippen molar-refractivity contribution in [3.8, 4) is 5.75 Å². The van der Waals surface area contributed by atoms with Crippen molar-refractivity contribution in [3.05, 3.63) is 56.3 Å². The Morgan fingerprint density at radius 1 is 1.32 bits per heavy atom. The van der Waals surface area contributed by atoms with Gasteiger partial charge < -0.3 is 14.9 Å². The molecule has 0 amide bonds. The van der Waals surface area contributed by atoms with Crippen molar-refractivity contribution in [3.63, 3.8) is 0 Å². The molecule has 0 atom stereocenters. The van der Waals surface area contributed by atoms with E-state index in [1.165, 1.54) is 4.57 Å². The molecule has 2 aromatic rings. The number of hydrogen-bond acceptors (Lipinski definition) is 6. The van der Waals surface area contributed by atoms with Crippen molar-refractivity contribution >= 4 is 11.5 Å². The molecule has 0 bridgehead atoms. The first-order chi connectivity index (χ1) is 10.4. The molecule has 10 heteroatoms. The van der Waals surface area contributed by atoms with Gasteiger partial charge in [0, 0.05) is 6.07 Å². The largest absolute Gasteiger partial charge is 0.480 e. The Morgan fingerprint density at radius 3 is 2.59 bits per heavy atom. The van der Waals surface area contributed by atoms with Crippen LogP contribution in [0.1, 0.15) is 12.7 Å². The standard InChI is InChI=1S/C12H11FN4O5/c1-2-15-11(14-6-12(15)17(20)21)7-22-10-4-3-8(16(18)19)5-9(10)13/h3-6H,2,7H2,1H3. The minimum atomic E-state index is -0.890. The number of benzene rings is 1. The average molecular weight is 310 g/mol. The van der Waals surface area contributed by atoms with Gasteiger partial charge in [-0.3, -0.25) is 10.1 Å². The molecule has 0 unspecified atom stereocenters. The number of rotatable bonds is 6. The number of nitro benzene ring substituents is 1. The molecule has 0 aliphatic carbocycles. The van der Waals surface area contributed by atoms with Gasteiger partial charge in [-0.25, -0.2) is 13.9 Å². The van der Waals surface area contributed by atoms with E-state index in [2.05, 4.69) is 4.98 Å². The fourth-order valence-corrected chi connectivity index (χ4v) is 1.87. The number of halogens is 1. The van der Waals surface area contributed by atoms with Crippen LogP contribution < -0.4 is 4.74 Å². The van der Waals surface area contributed by atoms with Crippen molar-refractivity contribution < 1.29 is 19.0 Å². The Morgan fingerprint density at radius 2 is 2.05 bits per heavy atom. The van der Waals surface area contributed by atoms with Crippen LogP contribution in [0, 0.1) is 26.0 Å². The van der Waals surface area contributed by atoms with Gasteiger partial charge >= 0.3 is 5.82 Å². The van der Waals surface area contributed by atoms with Gasteiger partial charge in [0.25, 0.3) is 5.69 Å². The predicted octanol–water partition coefficient (Wildman–Crippen LogP) is 2.44. The number of hydrogen-bond donors (Lipinski definition) is 0. The van der Waals surface area contributed by atoms with Crippen molar-refractivity contribution in [2.24, 2.45) is 0 Å². The highest BCUT2D eigenvalue weighted by Gasteiger charge is 2.20. The Labute approximate surface area is 123 Å². The van der Waals surface area contributed by atoms with Crippen LogP contribution in [0.3, 0.4) is 0 Å². The van der Waals surface area contributed by atoms with Gasteiger partial charge in [-0.1, -0.05) is 0 Å². The van der Waals surface area contributed by atoms with Crippen molar-refractivity contribution in [1.29, 1.82) is 0 Å². The van der Waals surface area contributed by atoms with E-state index in [-0.39, 0.29) is 24.0 Å². The Hall–Kier alpha value is -3.04. The zero-order valence-electron chi connectivity index (χ0n) is 11.4. The highest BCUT2D eigenvalue weighted by atomic mass is 19.1. The lowest BCUT2D eigenvalue weighted by Crippen LogP contribution is -2.09. The second-order valence-corrected chi connectivity index (χ2v) is 4.19. The SMILES string of the molecule is CCn1c([N+](=O)[O-])cnc1COc1ccc([N+](=O)[O-])cc1F. The third-order valence-electron chi connectivity index (χ3n) is 2.90. The van der Waals surface area contributed by atoms with Crippen molar-refractivity contribution in [2.45, 2.75) is 20.1 Å². The Bertz CT molecular complexity index is 730. The molecule has 0 saturated heterocycles. The summed E-state index contributed by atoms with van der Waals surface area (Å²) in [6.45, 7) is 1.80. The van der Waals surface area contributed by atoms with Gasteiger partial charge in [0.15, 0.2) is 18.2 Å². The molecular weight excluding hydrogens is 299 g/mol. The molecule has 0 aliphatic rings. The zero-order valence-corrected chi connectivity index (χ0v) is 11.4. The predicted molar refractivity (Wildman–Crippen MR) is 71.9 cm³/mol. The smallest absolute Gasteiger partial charge is 0.342 e. The third kappa shape index (κ3) is 3.00. The van der Waals surface area contributed by atoms with Gasteiger partial charge in [-0.2, -0.15) is 0 Å². The second-order valence-electron chi connectivity index (χ2n) is 4.19. The van der Waals surface area contributed by atoms with E-state index in [4.69, 9.17) is 4.74 Å². The van der Waals surface area contributed by atoms with Crippen LogP contribution >= 0.6 is 0 Å². The molecular formula is C12H11FN4O5. The Kier molecular flexibility index (Phi) is 4.30. The van der Waals surface area contributed by atoms with E-state index < -0.39 is 21.4 Å². The van der Waals surface area contributed by atoms with Gasteiger partial charge in [0.05, 0.1) is 17.5 Å². The molecule has 2 rings (SSSR count). The Balaban J connectivity index is 2.17. The van der Waals surface area contributed by atoms with Crippen LogP contribution in [-0.2, 0) is 13.2 Å². The van der Waals surface area contributed by atoms with Crippen molar-refractivity contribution in [2.75, 3.05) is 0 Å². The zero-order chi connectivity index (χ0) is 16.3. The minimum absolute atomic E-state index is 0.190. The van der Waals surface area contributed by atoms with E-state index in [0.29, 0.717) is 6.54 Å². The molecule has 1 aromatic carbocycles. The molecule has 1 heterocycles. The lowest BCUT2D eigenvalue weighted by molar-refractivity contribution is -0.392. The van der Waals surface area contributed by atoms with Crippen molar-refractivity contribution in [1.82, 2.24) is 9.55 Å². The molecule has 0 fully saturated rings. The summed E-state index contributed by atoms with van der Waals surface area (Å²) in [5.74, 6) is -1.02. The van der Waals surface area contributed by atoms with E-state index in [1.807, 2.05) is 0 Å². The summed E-state index contributed by atoms with van der Waals surface area (Å²) < 4.78 is 20.2. The van der Waals surface area contributed by atoms with Crippen LogP contribution in [-0.4, -0.2) is 19.4 Å². The minimum Gasteiger partial charge on any atom is -0.480 e. The molecule has 0 aliphatic heterocycles. The highest BCUT2D eigenvalue weighted by Crippen LogP contribution is 2.23. The van der Waals surface area contributed by atoms with Crippen LogP contribution in [0.2, 0.25) is 0 Å². The summed E-state index contributed by atoms with van der Waals surface area (Å²) >= 11 is 0. The molecule has 22 heavy (non-hydrogen) atoms. The van der Waals surface area contributed by atoms with E-state index in [1.54, 1.807) is 6.92 Å². The number of imidazole rings is 1. The maximum absolute atomic E-state index is 13.7. The van der Waals surface area contributed by atoms with E-state index >= 15 is 0 Å². The van der Waals surface area contributed by atoms with Crippen LogP contribution in [0.15, 0.2) is 24.4 Å². The summed E-state index contributed by atoms with van der Waals surface area (Å²) in [6.07, 6.45) is 1.09. The topological polar surface area (TPSA) is 113 Å².